The van der Waals surface area contributed by atoms with Crippen LogP contribution in [0.5, 0.6) is 5.75 Å². The van der Waals surface area contributed by atoms with Gasteiger partial charge in [0.15, 0.2) is 5.75 Å². The van der Waals surface area contributed by atoms with Crippen molar-refractivity contribution in [1.82, 2.24) is 9.88 Å². The second-order valence-electron chi connectivity index (χ2n) is 6.40. The maximum absolute atomic E-state index is 11.9. The van der Waals surface area contributed by atoms with Crippen LogP contribution in [-0.4, -0.2) is 41.2 Å². The zero-order valence-corrected chi connectivity index (χ0v) is 14.2. The Balaban J connectivity index is 1.71. The molecule has 1 unspecified atom stereocenters. The highest BCUT2D eigenvalue weighted by Crippen LogP contribution is 2.28. The van der Waals surface area contributed by atoms with Gasteiger partial charge in [-0.2, -0.15) is 0 Å². The van der Waals surface area contributed by atoms with Gasteiger partial charge >= 0.3 is 5.97 Å². The molecule has 0 amide bonds. The first-order valence-electron chi connectivity index (χ1n) is 8.38. The average molecular weight is 342 g/mol. The normalized spacial score (nSPS) is 18.0. The van der Waals surface area contributed by atoms with Gasteiger partial charge < -0.3 is 14.8 Å². The molecule has 132 valence electrons. The van der Waals surface area contributed by atoms with Gasteiger partial charge in [0, 0.05) is 31.0 Å². The number of pyridine rings is 1. The monoisotopic (exact) mass is 342 g/mol. The van der Waals surface area contributed by atoms with Crippen LogP contribution in [0.3, 0.4) is 0 Å². The number of nitrogens with zero attached hydrogens (tertiary/aromatic N) is 1. The number of methoxy groups -OCH3 is 1. The van der Waals surface area contributed by atoms with E-state index < -0.39 is 5.97 Å². The minimum absolute atomic E-state index is 0.126. The molecule has 0 aliphatic carbocycles. The van der Waals surface area contributed by atoms with Crippen molar-refractivity contribution in [3.63, 3.8) is 0 Å². The van der Waals surface area contributed by atoms with E-state index in [2.05, 4.69) is 9.88 Å². The van der Waals surface area contributed by atoms with Crippen LogP contribution in [0.4, 0.5) is 0 Å². The SMILES string of the molecule is COc1c[nH]c(CN2CCCC(c3cccc(C(=O)O)c3)C2)cc1=O. The molecule has 6 nitrogen and oxygen atoms in total. The number of hydrogen-bond donors (Lipinski definition) is 2. The van der Waals surface area contributed by atoms with E-state index in [1.165, 1.54) is 7.11 Å². The molecule has 0 bridgehead atoms. The summed E-state index contributed by atoms with van der Waals surface area (Å²) in [6, 6.07) is 8.77. The molecule has 0 radical (unpaired) electrons. The predicted molar refractivity (Wildman–Crippen MR) is 94.3 cm³/mol. The second kappa shape index (κ2) is 7.53. The Morgan fingerprint density at radius 2 is 2.24 bits per heavy atom. The van der Waals surface area contributed by atoms with Crippen molar-refractivity contribution in [2.75, 3.05) is 20.2 Å². The third-order valence-electron chi connectivity index (χ3n) is 4.66. The second-order valence-corrected chi connectivity index (χ2v) is 6.40. The summed E-state index contributed by atoms with van der Waals surface area (Å²) in [5.74, 6) is -0.283. The first-order chi connectivity index (χ1) is 12.1. The third kappa shape index (κ3) is 4.09. The van der Waals surface area contributed by atoms with E-state index in [0.717, 1.165) is 37.2 Å². The van der Waals surface area contributed by atoms with Crippen LogP contribution in [0.25, 0.3) is 0 Å². The predicted octanol–water partition coefficient (Wildman–Crippen LogP) is 2.46. The number of H-pyrrole nitrogens is 1. The number of aromatic amines is 1. The van der Waals surface area contributed by atoms with Crippen molar-refractivity contribution in [3.05, 3.63) is 63.6 Å². The van der Waals surface area contributed by atoms with Crippen molar-refractivity contribution in [2.45, 2.75) is 25.3 Å². The summed E-state index contributed by atoms with van der Waals surface area (Å²) in [5.41, 5.74) is 2.12. The topological polar surface area (TPSA) is 82.6 Å². The zero-order valence-electron chi connectivity index (χ0n) is 14.2. The Labute approximate surface area is 146 Å². The number of benzene rings is 1. The standard InChI is InChI=1S/C19H22N2O4/c1-25-18-10-20-16(9-17(18)22)12-21-7-3-6-15(11-21)13-4-2-5-14(8-13)19(23)24/h2,4-5,8-10,15H,3,6-7,11-12H2,1H3,(H,20,22)(H,23,24). The Kier molecular flexibility index (Phi) is 5.19. The Bertz CT molecular complexity index is 815. The fourth-order valence-corrected chi connectivity index (χ4v) is 3.39. The summed E-state index contributed by atoms with van der Waals surface area (Å²) < 4.78 is 4.99. The lowest BCUT2D eigenvalue weighted by atomic mass is 9.89. The van der Waals surface area contributed by atoms with Gasteiger partial charge in [0.25, 0.3) is 0 Å². The van der Waals surface area contributed by atoms with E-state index in [-0.39, 0.29) is 5.43 Å². The quantitative estimate of drug-likeness (QED) is 0.872. The van der Waals surface area contributed by atoms with Crippen molar-refractivity contribution in [3.8, 4) is 5.75 Å². The van der Waals surface area contributed by atoms with Gasteiger partial charge in [-0.05, 0) is 43.0 Å². The average Bonchev–Trinajstić information content (AvgIpc) is 2.62. The molecule has 1 aliphatic rings. The lowest BCUT2D eigenvalue weighted by Crippen LogP contribution is -2.34. The van der Waals surface area contributed by atoms with E-state index in [1.54, 1.807) is 30.5 Å². The lowest BCUT2D eigenvalue weighted by Gasteiger charge is -2.33. The number of nitrogens with one attached hydrogen (secondary N) is 1. The number of hydrogen-bond acceptors (Lipinski definition) is 4. The molecule has 2 heterocycles. The molecule has 1 atom stereocenters. The smallest absolute Gasteiger partial charge is 0.335 e. The zero-order chi connectivity index (χ0) is 17.8. The van der Waals surface area contributed by atoms with E-state index >= 15 is 0 Å². The molecular formula is C19H22N2O4. The van der Waals surface area contributed by atoms with Crippen molar-refractivity contribution < 1.29 is 14.6 Å². The summed E-state index contributed by atoms with van der Waals surface area (Å²) in [6.45, 7) is 2.47. The number of carboxylic acids is 1. The number of aromatic carboxylic acids is 1. The maximum Gasteiger partial charge on any atom is 0.335 e. The highest BCUT2D eigenvalue weighted by Gasteiger charge is 2.22. The molecule has 1 aromatic heterocycles. The Hall–Kier alpha value is -2.60. The van der Waals surface area contributed by atoms with Gasteiger partial charge in [-0.15, -0.1) is 0 Å². The summed E-state index contributed by atoms with van der Waals surface area (Å²) in [6.07, 6.45) is 3.68. The maximum atomic E-state index is 11.9. The van der Waals surface area contributed by atoms with Gasteiger partial charge in [-0.1, -0.05) is 12.1 Å². The molecule has 2 N–H and O–H groups in total. The van der Waals surface area contributed by atoms with Gasteiger partial charge in [0.1, 0.15) is 0 Å². The van der Waals surface area contributed by atoms with Crippen LogP contribution in [0.2, 0.25) is 0 Å². The van der Waals surface area contributed by atoms with Crippen LogP contribution >= 0.6 is 0 Å². The van der Waals surface area contributed by atoms with Crippen LogP contribution in [0, 0.1) is 0 Å². The molecule has 2 aromatic rings. The highest BCUT2D eigenvalue weighted by atomic mass is 16.5. The van der Waals surface area contributed by atoms with Crippen LogP contribution < -0.4 is 10.2 Å². The molecule has 1 saturated heterocycles. The number of ether oxygens (including phenoxy) is 1. The fourth-order valence-electron chi connectivity index (χ4n) is 3.39. The minimum Gasteiger partial charge on any atom is -0.491 e. The lowest BCUT2D eigenvalue weighted by molar-refractivity contribution is 0.0696. The van der Waals surface area contributed by atoms with Crippen molar-refractivity contribution in [1.29, 1.82) is 0 Å². The summed E-state index contributed by atoms with van der Waals surface area (Å²) in [5, 5.41) is 9.17. The molecule has 0 spiro atoms. The Morgan fingerprint density at radius 1 is 1.40 bits per heavy atom. The van der Waals surface area contributed by atoms with Gasteiger partial charge in [-0.25, -0.2) is 4.79 Å². The largest absolute Gasteiger partial charge is 0.491 e. The third-order valence-corrected chi connectivity index (χ3v) is 4.66. The number of piperidine rings is 1. The number of likely N-dealkylation sites (tertiary alicyclic amines) is 1. The fraction of sp³-hybridized carbons (Fsp3) is 0.368. The summed E-state index contributed by atoms with van der Waals surface area (Å²) in [7, 11) is 1.48. The van der Waals surface area contributed by atoms with E-state index in [4.69, 9.17) is 9.84 Å². The molecule has 1 fully saturated rings. The first kappa shape index (κ1) is 17.2. The molecule has 1 aliphatic heterocycles. The van der Waals surface area contributed by atoms with Crippen molar-refractivity contribution >= 4 is 5.97 Å². The van der Waals surface area contributed by atoms with E-state index in [9.17, 15) is 9.59 Å². The van der Waals surface area contributed by atoms with E-state index in [0.29, 0.717) is 23.8 Å². The highest BCUT2D eigenvalue weighted by molar-refractivity contribution is 5.87. The number of aromatic nitrogens is 1. The van der Waals surface area contributed by atoms with Crippen LogP contribution in [0.1, 0.15) is 40.4 Å². The van der Waals surface area contributed by atoms with Crippen LogP contribution in [-0.2, 0) is 6.54 Å². The number of carboxylic acid groups (broad SMARTS) is 1. The molecular weight excluding hydrogens is 320 g/mol. The first-order valence-corrected chi connectivity index (χ1v) is 8.38. The molecule has 3 rings (SSSR count). The molecule has 1 aromatic carbocycles. The number of carbonyl (C=O) groups is 1. The van der Waals surface area contributed by atoms with Gasteiger partial charge in [0.2, 0.25) is 5.43 Å². The van der Waals surface area contributed by atoms with Crippen LogP contribution in [0.15, 0.2) is 41.3 Å². The number of rotatable bonds is 5. The summed E-state index contributed by atoms with van der Waals surface area (Å²) in [4.78, 5) is 28.5. The molecule has 6 heteroatoms. The van der Waals surface area contributed by atoms with Gasteiger partial charge in [-0.3, -0.25) is 9.69 Å². The molecule has 0 saturated carbocycles. The minimum atomic E-state index is -0.898. The molecule has 25 heavy (non-hydrogen) atoms. The van der Waals surface area contributed by atoms with E-state index in [1.807, 2.05) is 6.07 Å². The van der Waals surface area contributed by atoms with Crippen molar-refractivity contribution in [2.24, 2.45) is 0 Å². The van der Waals surface area contributed by atoms with Gasteiger partial charge in [0.05, 0.1) is 12.7 Å². The summed E-state index contributed by atoms with van der Waals surface area (Å²) >= 11 is 0. The Morgan fingerprint density at radius 3 is 2.96 bits per heavy atom.